The molecule has 0 amide bonds. The number of fused-ring (bicyclic) bond motifs is 2. The molecule has 1 aromatic carbocycles. The maximum Gasteiger partial charge on any atom is 0.0930 e. The van der Waals surface area contributed by atoms with Crippen molar-refractivity contribution in [2.24, 2.45) is 0 Å². The van der Waals surface area contributed by atoms with Crippen LogP contribution in [0.15, 0.2) is 22.7 Å². The predicted molar refractivity (Wildman–Crippen MR) is 90.1 cm³/mol. The van der Waals surface area contributed by atoms with Crippen LogP contribution in [0.4, 0.5) is 5.69 Å². The van der Waals surface area contributed by atoms with Gasteiger partial charge < -0.3 is 19.9 Å². The molecule has 2 atom stereocenters. The van der Waals surface area contributed by atoms with Gasteiger partial charge in [-0.2, -0.15) is 0 Å². The van der Waals surface area contributed by atoms with E-state index in [0.717, 1.165) is 35.8 Å². The SMILES string of the molecule is COCC12CCC(COC)(CC(c3ccc(N)c(Br)c3)C1)O2. The average molecular weight is 370 g/mol. The molecule has 2 heterocycles. The van der Waals surface area contributed by atoms with Crippen LogP contribution < -0.4 is 5.73 Å². The normalized spacial score (nSPS) is 34.0. The van der Waals surface area contributed by atoms with E-state index < -0.39 is 0 Å². The van der Waals surface area contributed by atoms with E-state index >= 15 is 0 Å². The molecule has 4 nitrogen and oxygen atoms in total. The second kappa shape index (κ2) is 6.11. The molecule has 0 spiro atoms. The van der Waals surface area contributed by atoms with E-state index in [0.29, 0.717) is 19.1 Å². The van der Waals surface area contributed by atoms with Gasteiger partial charge >= 0.3 is 0 Å². The maximum absolute atomic E-state index is 6.47. The molecule has 22 heavy (non-hydrogen) atoms. The summed E-state index contributed by atoms with van der Waals surface area (Å²) >= 11 is 3.54. The van der Waals surface area contributed by atoms with E-state index in [9.17, 15) is 0 Å². The fraction of sp³-hybridized carbons (Fsp3) is 0.647. The summed E-state index contributed by atoms with van der Waals surface area (Å²) in [7, 11) is 3.50. The minimum atomic E-state index is -0.177. The number of nitrogens with two attached hydrogens (primary N) is 1. The Hall–Kier alpha value is -0.620. The number of rotatable bonds is 5. The van der Waals surface area contributed by atoms with Crippen molar-refractivity contribution in [3.8, 4) is 0 Å². The molecule has 122 valence electrons. The highest BCUT2D eigenvalue weighted by atomic mass is 79.9. The predicted octanol–water partition coefficient (Wildman–Crippen LogP) is 3.49. The van der Waals surface area contributed by atoms with Gasteiger partial charge in [-0.25, -0.2) is 0 Å². The molecule has 0 saturated carbocycles. The van der Waals surface area contributed by atoms with E-state index in [2.05, 4.69) is 28.1 Å². The number of hydrogen-bond donors (Lipinski definition) is 1. The molecule has 2 unspecified atom stereocenters. The topological polar surface area (TPSA) is 53.7 Å². The minimum Gasteiger partial charge on any atom is -0.398 e. The first-order chi connectivity index (χ1) is 10.5. The van der Waals surface area contributed by atoms with Crippen molar-refractivity contribution in [2.45, 2.75) is 42.8 Å². The molecule has 5 heteroatoms. The Morgan fingerprint density at radius 1 is 1.18 bits per heavy atom. The van der Waals surface area contributed by atoms with E-state index in [-0.39, 0.29) is 11.2 Å². The Balaban J connectivity index is 1.90. The van der Waals surface area contributed by atoms with Crippen LogP contribution in [0.3, 0.4) is 0 Å². The summed E-state index contributed by atoms with van der Waals surface area (Å²) in [5, 5.41) is 0. The molecule has 2 aliphatic rings. The Morgan fingerprint density at radius 3 is 2.27 bits per heavy atom. The summed E-state index contributed by atoms with van der Waals surface area (Å²) < 4.78 is 18.4. The molecule has 3 rings (SSSR count). The lowest BCUT2D eigenvalue weighted by atomic mass is 9.80. The van der Waals surface area contributed by atoms with Crippen molar-refractivity contribution < 1.29 is 14.2 Å². The third-order valence-electron chi connectivity index (χ3n) is 5.02. The van der Waals surface area contributed by atoms with Crippen LogP contribution in [0.5, 0.6) is 0 Å². The van der Waals surface area contributed by atoms with Crippen molar-refractivity contribution in [1.29, 1.82) is 0 Å². The largest absolute Gasteiger partial charge is 0.398 e. The molecule has 2 N–H and O–H groups in total. The lowest BCUT2D eigenvalue weighted by Crippen LogP contribution is -2.48. The molecule has 0 aliphatic carbocycles. The number of methoxy groups -OCH3 is 2. The maximum atomic E-state index is 6.47. The first-order valence-corrected chi connectivity index (χ1v) is 8.54. The molecular formula is C17H24BrNO3. The molecule has 2 saturated heterocycles. The van der Waals surface area contributed by atoms with Gasteiger partial charge in [0.2, 0.25) is 0 Å². The number of nitrogen functional groups attached to an aromatic ring is 1. The first-order valence-electron chi connectivity index (χ1n) is 7.74. The van der Waals surface area contributed by atoms with E-state index in [1.165, 1.54) is 5.56 Å². The van der Waals surface area contributed by atoms with Crippen LogP contribution in [0.2, 0.25) is 0 Å². The zero-order chi connectivity index (χ0) is 15.8. The van der Waals surface area contributed by atoms with Gasteiger partial charge in [0.1, 0.15) is 0 Å². The summed E-state index contributed by atoms with van der Waals surface area (Å²) in [5.74, 6) is 0.443. The van der Waals surface area contributed by atoms with Gasteiger partial charge in [-0.3, -0.25) is 0 Å². The standard InChI is InChI=1S/C17H24BrNO3/c1-20-10-16-5-6-17(22-16,11-21-2)9-13(8-16)12-3-4-15(19)14(18)7-12/h3-4,7,13H,5-6,8-11,19H2,1-2H3. The second-order valence-electron chi connectivity index (χ2n) is 6.72. The van der Waals surface area contributed by atoms with Crippen molar-refractivity contribution in [2.75, 3.05) is 33.2 Å². The lowest BCUT2D eigenvalue weighted by Gasteiger charge is -2.44. The fourth-order valence-corrected chi connectivity index (χ4v) is 4.55. The van der Waals surface area contributed by atoms with Crippen LogP contribution in [0.1, 0.15) is 37.2 Å². The Labute approximate surface area is 140 Å². The number of hydrogen-bond acceptors (Lipinski definition) is 4. The second-order valence-corrected chi connectivity index (χ2v) is 7.57. The third-order valence-corrected chi connectivity index (χ3v) is 5.70. The monoisotopic (exact) mass is 369 g/mol. The molecule has 0 aromatic heterocycles. The van der Waals surface area contributed by atoms with Gasteiger partial charge in [-0.1, -0.05) is 6.07 Å². The van der Waals surface area contributed by atoms with Crippen LogP contribution in [-0.2, 0) is 14.2 Å². The molecule has 2 aliphatic heterocycles. The van der Waals surface area contributed by atoms with E-state index in [1.54, 1.807) is 14.2 Å². The fourth-order valence-electron chi connectivity index (χ4n) is 4.15. The first kappa shape index (κ1) is 16.2. The smallest absolute Gasteiger partial charge is 0.0930 e. The van der Waals surface area contributed by atoms with Gasteiger partial charge in [0, 0.05) is 24.4 Å². The highest BCUT2D eigenvalue weighted by Crippen LogP contribution is 2.53. The summed E-state index contributed by atoms with van der Waals surface area (Å²) in [6.07, 6.45) is 4.05. The molecule has 0 radical (unpaired) electrons. The van der Waals surface area contributed by atoms with Crippen molar-refractivity contribution in [3.05, 3.63) is 28.2 Å². The van der Waals surface area contributed by atoms with Crippen LogP contribution >= 0.6 is 15.9 Å². The van der Waals surface area contributed by atoms with Crippen molar-refractivity contribution >= 4 is 21.6 Å². The Morgan fingerprint density at radius 2 is 1.77 bits per heavy atom. The Bertz CT molecular complexity index is 531. The molecule has 2 fully saturated rings. The van der Waals surface area contributed by atoms with Gasteiger partial charge in [0.05, 0.1) is 24.4 Å². The molecular weight excluding hydrogens is 346 g/mol. The minimum absolute atomic E-state index is 0.177. The third kappa shape index (κ3) is 2.92. The highest BCUT2D eigenvalue weighted by Gasteiger charge is 2.55. The van der Waals surface area contributed by atoms with E-state index in [4.69, 9.17) is 19.9 Å². The number of ether oxygens (including phenoxy) is 3. The van der Waals surface area contributed by atoms with Gasteiger partial charge in [0.15, 0.2) is 0 Å². The van der Waals surface area contributed by atoms with Crippen LogP contribution in [0.25, 0.3) is 0 Å². The van der Waals surface area contributed by atoms with Crippen LogP contribution in [-0.4, -0.2) is 38.6 Å². The summed E-state index contributed by atoms with van der Waals surface area (Å²) in [5.41, 5.74) is 7.66. The zero-order valence-corrected chi connectivity index (χ0v) is 14.8. The van der Waals surface area contributed by atoms with Crippen LogP contribution in [0, 0.1) is 0 Å². The number of halogens is 1. The quantitative estimate of drug-likeness (QED) is 0.807. The molecule has 1 aromatic rings. The van der Waals surface area contributed by atoms with Gasteiger partial charge in [-0.05, 0) is 65.2 Å². The summed E-state index contributed by atoms with van der Waals surface area (Å²) in [4.78, 5) is 0. The Kier molecular flexibility index (Phi) is 4.52. The highest BCUT2D eigenvalue weighted by molar-refractivity contribution is 9.10. The van der Waals surface area contributed by atoms with Gasteiger partial charge in [-0.15, -0.1) is 0 Å². The average Bonchev–Trinajstić information content (AvgIpc) is 2.74. The zero-order valence-electron chi connectivity index (χ0n) is 13.2. The summed E-state index contributed by atoms with van der Waals surface area (Å²) in [6.45, 7) is 1.29. The van der Waals surface area contributed by atoms with E-state index in [1.807, 2.05) is 6.07 Å². The number of anilines is 1. The summed E-state index contributed by atoms with van der Waals surface area (Å²) in [6, 6.07) is 6.26. The van der Waals surface area contributed by atoms with Gasteiger partial charge in [0.25, 0.3) is 0 Å². The van der Waals surface area contributed by atoms with Crippen molar-refractivity contribution in [1.82, 2.24) is 0 Å². The van der Waals surface area contributed by atoms with Crippen molar-refractivity contribution in [3.63, 3.8) is 0 Å². The lowest BCUT2D eigenvalue weighted by molar-refractivity contribution is -0.184. The molecule has 2 bridgehead atoms. The number of benzene rings is 1.